The third-order valence-electron chi connectivity index (χ3n) is 4.94. The van der Waals surface area contributed by atoms with Crippen LogP contribution in [-0.4, -0.2) is 42.5 Å². The Morgan fingerprint density at radius 3 is 2.61 bits per heavy atom. The molecule has 0 unspecified atom stereocenters. The molecule has 0 radical (unpaired) electrons. The first-order chi connectivity index (χ1) is 11.1. The molecule has 0 bridgehead atoms. The summed E-state index contributed by atoms with van der Waals surface area (Å²) in [6.07, 6.45) is 6.27. The van der Waals surface area contributed by atoms with Gasteiger partial charge in [-0.2, -0.15) is 0 Å². The fourth-order valence-electron chi connectivity index (χ4n) is 3.71. The predicted octanol–water partition coefficient (Wildman–Crippen LogP) is 4.14. The quantitative estimate of drug-likeness (QED) is 0.794. The largest absolute Gasteiger partial charge is 0.376 e. The van der Waals surface area contributed by atoms with Crippen molar-refractivity contribution in [2.75, 3.05) is 19.7 Å². The summed E-state index contributed by atoms with van der Waals surface area (Å²) in [5, 5.41) is 1.40. The lowest BCUT2D eigenvalue weighted by Gasteiger charge is -2.37. The molecule has 126 valence electrons. The number of ether oxygens (including phenoxy) is 1. The number of ketones is 1. The summed E-state index contributed by atoms with van der Waals surface area (Å²) in [4.78, 5) is 13.9. The van der Waals surface area contributed by atoms with Crippen molar-refractivity contribution in [1.29, 1.82) is 0 Å². The molecule has 1 aromatic carbocycles. The summed E-state index contributed by atoms with van der Waals surface area (Å²) < 4.78 is 6.19. The van der Waals surface area contributed by atoms with Gasteiger partial charge in [-0.1, -0.05) is 42.1 Å². The van der Waals surface area contributed by atoms with E-state index in [1.165, 1.54) is 12.8 Å². The lowest BCUT2D eigenvalue weighted by molar-refractivity contribution is -0.117. The van der Waals surface area contributed by atoms with E-state index in [9.17, 15) is 4.79 Å². The van der Waals surface area contributed by atoms with Gasteiger partial charge in [0.15, 0.2) is 0 Å². The van der Waals surface area contributed by atoms with Gasteiger partial charge in [0, 0.05) is 29.1 Å². The lowest BCUT2D eigenvalue weighted by atomic mass is 9.91. The predicted molar refractivity (Wildman–Crippen MR) is 93.4 cm³/mol. The van der Waals surface area contributed by atoms with Crippen molar-refractivity contribution in [3.63, 3.8) is 0 Å². The Morgan fingerprint density at radius 2 is 1.91 bits per heavy atom. The van der Waals surface area contributed by atoms with E-state index in [-0.39, 0.29) is 6.10 Å². The zero-order chi connectivity index (χ0) is 16.2. The maximum Gasteiger partial charge on any atom is 0.148 e. The Kier molecular flexibility index (Phi) is 5.97. The monoisotopic (exact) mass is 355 g/mol. The van der Waals surface area contributed by atoms with Gasteiger partial charge in [-0.15, -0.1) is 0 Å². The molecule has 0 N–H and O–H groups in total. The van der Waals surface area contributed by atoms with Gasteiger partial charge in [0.25, 0.3) is 0 Å². The van der Waals surface area contributed by atoms with Crippen molar-refractivity contribution >= 4 is 29.0 Å². The fraction of sp³-hybridized carbons (Fsp3) is 0.611. The van der Waals surface area contributed by atoms with Crippen LogP contribution in [0.3, 0.4) is 0 Å². The average Bonchev–Trinajstić information content (AvgIpc) is 2.97. The number of benzene rings is 1. The van der Waals surface area contributed by atoms with Crippen molar-refractivity contribution in [2.45, 2.75) is 50.7 Å². The molecule has 3 rings (SSSR count). The molecule has 0 spiro atoms. The van der Waals surface area contributed by atoms with Gasteiger partial charge in [-0.3, -0.25) is 9.69 Å². The molecule has 23 heavy (non-hydrogen) atoms. The molecular formula is C18H23Cl2NO2. The highest BCUT2D eigenvalue weighted by molar-refractivity contribution is 6.35. The number of carbonyl (C=O) groups is 1. The highest BCUT2D eigenvalue weighted by Crippen LogP contribution is 2.29. The number of halogens is 2. The number of likely N-dealkylation sites (tertiary alicyclic amines) is 1. The fourth-order valence-corrected chi connectivity index (χ4v) is 4.30. The molecule has 0 aromatic heterocycles. The second-order valence-electron chi connectivity index (χ2n) is 6.47. The van der Waals surface area contributed by atoms with Gasteiger partial charge in [0.2, 0.25) is 0 Å². The molecular weight excluding hydrogens is 333 g/mol. The first kappa shape index (κ1) is 17.2. The Bertz CT molecular complexity index is 544. The summed E-state index contributed by atoms with van der Waals surface area (Å²) in [6.45, 7) is 2.10. The Morgan fingerprint density at radius 1 is 1.17 bits per heavy atom. The topological polar surface area (TPSA) is 29.5 Å². The zero-order valence-electron chi connectivity index (χ0n) is 13.3. The zero-order valence-corrected chi connectivity index (χ0v) is 14.8. The normalized spacial score (nSPS) is 25.9. The van der Waals surface area contributed by atoms with Gasteiger partial charge in [0.05, 0.1) is 19.3 Å². The highest BCUT2D eigenvalue weighted by Gasteiger charge is 2.34. The maximum atomic E-state index is 11.6. The smallest absolute Gasteiger partial charge is 0.148 e. The van der Waals surface area contributed by atoms with E-state index in [1.807, 2.05) is 18.2 Å². The molecule has 1 aromatic rings. The molecule has 1 saturated heterocycles. The number of hydrogen-bond acceptors (Lipinski definition) is 3. The third-order valence-corrected chi connectivity index (χ3v) is 5.65. The minimum atomic E-state index is 0.218. The van der Waals surface area contributed by atoms with E-state index in [2.05, 4.69) is 4.90 Å². The molecule has 0 amide bonds. The second-order valence-corrected chi connectivity index (χ2v) is 7.28. The molecule has 3 nitrogen and oxygen atoms in total. The molecule has 2 atom stereocenters. The standard InChI is InChI=1S/C18H23Cl2NO2/c19-15-4-3-5-16(20)14(15)9-11-23-18-7-2-1-6-17(18)21-10-8-13(22)12-21/h3-5,17-18H,1-2,6-12H2/t17-,18-/m1/s1. The molecule has 1 aliphatic carbocycles. The molecule has 2 aliphatic rings. The average molecular weight is 356 g/mol. The maximum absolute atomic E-state index is 11.6. The van der Waals surface area contributed by atoms with E-state index < -0.39 is 0 Å². The summed E-state index contributed by atoms with van der Waals surface area (Å²) in [5.74, 6) is 0.358. The number of hydrogen-bond donors (Lipinski definition) is 0. The molecule has 2 fully saturated rings. The van der Waals surface area contributed by atoms with Gasteiger partial charge in [-0.25, -0.2) is 0 Å². The Labute approximate surface area is 147 Å². The van der Waals surface area contributed by atoms with Crippen LogP contribution in [0.1, 0.15) is 37.7 Å². The van der Waals surface area contributed by atoms with Crippen LogP contribution in [0.25, 0.3) is 0 Å². The van der Waals surface area contributed by atoms with Gasteiger partial charge in [-0.05, 0) is 37.0 Å². The van der Waals surface area contributed by atoms with E-state index >= 15 is 0 Å². The Balaban J connectivity index is 1.56. The molecule has 1 heterocycles. The van der Waals surface area contributed by atoms with E-state index in [4.69, 9.17) is 27.9 Å². The molecule has 1 aliphatic heterocycles. The summed E-state index contributed by atoms with van der Waals surface area (Å²) >= 11 is 12.4. The number of nitrogens with zero attached hydrogens (tertiary/aromatic N) is 1. The lowest BCUT2D eigenvalue weighted by Crippen LogP contribution is -2.45. The van der Waals surface area contributed by atoms with E-state index in [1.54, 1.807) is 0 Å². The highest BCUT2D eigenvalue weighted by atomic mass is 35.5. The van der Waals surface area contributed by atoms with E-state index in [0.29, 0.717) is 41.4 Å². The van der Waals surface area contributed by atoms with Crippen LogP contribution in [0.4, 0.5) is 0 Å². The van der Waals surface area contributed by atoms with E-state index in [0.717, 1.165) is 31.4 Å². The first-order valence-electron chi connectivity index (χ1n) is 8.45. The van der Waals surface area contributed by atoms with Crippen LogP contribution < -0.4 is 0 Å². The third kappa shape index (κ3) is 4.27. The van der Waals surface area contributed by atoms with Crippen molar-refractivity contribution in [1.82, 2.24) is 4.90 Å². The van der Waals surface area contributed by atoms with Crippen LogP contribution >= 0.6 is 23.2 Å². The minimum Gasteiger partial charge on any atom is -0.376 e. The number of rotatable bonds is 5. The number of carbonyl (C=O) groups excluding carboxylic acids is 1. The van der Waals surface area contributed by atoms with Crippen LogP contribution in [0.2, 0.25) is 10.0 Å². The van der Waals surface area contributed by atoms with Gasteiger partial charge < -0.3 is 4.74 Å². The minimum absolute atomic E-state index is 0.218. The Hall–Kier alpha value is -0.610. The van der Waals surface area contributed by atoms with Crippen molar-refractivity contribution in [3.05, 3.63) is 33.8 Å². The SMILES string of the molecule is O=C1CCN([C@@H]2CCCC[C@H]2OCCc2c(Cl)cccc2Cl)C1. The summed E-state index contributed by atoms with van der Waals surface area (Å²) in [5.41, 5.74) is 0.958. The first-order valence-corrected chi connectivity index (χ1v) is 9.21. The van der Waals surface area contributed by atoms with Crippen molar-refractivity contribution in [3.8, 4) is 0 Å². The summed E-state index contributed by atoms with van der Waals surface area (Å²) in [6, 6.07) is 5.97. The summed E-state index contributed by atoms with van der Waals surface area (Å²) in [7, 11) is 0. The van der Waals surface area contributed by atoms with Gasteiger partial charge in [0.1, 0.15) is 5.78 Å². The van der Waals surface area contributed by atoms with Crippen LogP contribution in [0.15, 0.2) is 18.2 Å². The molecule has 5 heteroatoms. The van der Waals surface area contributed by atoms with Crippen LogP contribution in [-0.2, 0) is 16.0 Å². The van der Waals surface area contributed by atoms with Crippen LogP contribution in [0, 0.1) is 0 Å². The van der Waals surface area contributed by atoms with Gasteiger partial charge >= 0.3 is 0 Å². The van der Waals surface area contributed by atoms with Crippen LogP contribution in [0.5, 0.6) is 0 Å². The van der Waals surface area contributed by atoms with Crippen molar-refractivity contribution in [2.24, 2.45) is 0 Å². The molecule has 1 saturated carbocycles. The number of Topliss-reactive ketones (excluding diaryl/α,β-unsaturated/α-hetero) is 1. The van der Waals surface area contributed by atoms with Crippen molar-refractivity contribution < 1.29 is 9.53 Å². The second kappa shape index (κ2) is 7.98.